The number of carbonyl (C=O) groups is 2. The van der Waals surface area contributed by atoms with Gasteiger partial charge in [-0.15, -0.1) is 11.3 Å². The molecule has 0 aliphatic carbocycles. The number of urea groups is 1. The third-order valence-corrected chi connectivity index (χ3v) is 5.78. The Balaban J connectivity index is 1.51. The maximum Gasteiger partial charge on any atom is 0.312 e. The van der Waals surface area contributed by atoms with Crippen molar-refractivity contribution in [1.82, 2.24) is 15.1 Å². The lowest BCUT2D eigenvalue weighted by Crippen LogP contribution is -2.49. The van der Waals surface area contributed by atoms with Crippen LogP contribution < -0.4 is 11.1 Å². The summed E-state index contributed by atoms with van der Waals surface area (Å²) in [7, 11) is 0. The Morgan fingerprint density at radius 1 is 1.18 bits per heavy atom. The summed E-state index contributed by atoms with van der Waals surface area (Å²) >= 11 is 1.50. The minimum absolute atomic E-state index is 0.0187. The van der Waals surface area contributed by atoms with Crippen LogP contribution in [0.15, 0.2) is 41.8 Å². The maximum absolute atomic E-state index is 12.7. The molecule has 7 nitrogen and oxygen atoms in total. The number of hydrogen-bond donors (Lipinski definition) is 2. The Morgan fingerprint density at radius 2 is 1.89 bits per heavy atom. The fraction of sp³-hybridized carbons (Fsp3) is 0.350. The fourth-order valence-corrected chi connectivity index (χ4v) is 4.06. The second kappa shape index (κ2) is 9.35. The summed E-state index contributed by atoms with van der Waals surface area (Å²) in [6.07, 6.45) is 0.207. The third kappa shape index (κ3) is 5.31. The smallest absolute Gasteiger partial charge is 0.312 e. The predicted molar refractivity (Wildman–Crippen MR) is 107 cm³/mol. The number of hydrogen-bond acceptors (Lipinski definition) is 5. The molecule has 0 bridgehead atoms. The van der Waals surface area contributed by atoms with E-state index >= 15 is 0 Å². The van der Waals surface area contributed by atoms with Gasteiger partial charge in [0.05, 0.1) is 24.1 Å². The highest BCUT2D eigenvalue weighted by atomic mass is 32.1. The number of amides is 3. The lowest BCUT2D eigenvalue weighted by Gasteiger charge is -2.35. The van der Waals surface area contributed by atoms with Gasteiger partial charge in [-0.05, 0) is 29.1 Å². The van der Waals surface area contributed by atoms with Crippen molar-refractivity contribution in [3.63, 3.8) is 0 Å². The number of nitrogens with one attached hydrogen (secondary N) is 1. The highest BCUT2D eigenvalue weighted by molar-refractivity contribution is 7.10. The largest absolute Gasteiger partial charge is 0.352 e. The molecule has 3 amide bonds. The van der Waals surface area contributed by atoms with Crippen molar-refractivity contribution in [3.8, 4) is 6.07 Å². The molecule has 1 aromatic carbocycles. The van der Waals surface area contributed by atoms with E-state index in [0.717, 1.165) is 30.1 Å². The van der Waals surface area contributed by atoms with Gasteiger partial charge in [-0.1, -0.05) is 18.2 Å². The number of piperazine rings is 1. The Bertz CT molecular complexity index is 836. The number of carbonyl (C=O) groups excluding carboxylic acids is 2. The predicted octanol–water partition coefficient (Wildman–Crippen LogP) is 2.06. The summed E-state index contributed by atoms with van der Waals surface area (Å²) in [6, 6.07) is 12.5. The summed E-state index contributed by atoms with van der Waals surface area (Å²) in [4.78, 5) is 29.1. The summed E-state index contributed by atoms with van der Waals surface area (Å²) in [5.74, 6) is 0.0187. The minimum Gasteiger partial charge on any atom is -0.352 e. The van der Waals surface area contributed by atoms with Crippen LogP contribution in [0.3, 0.4) is 0 Å². The molecule has 1 aliphatic rings. The van der Waals surface area contributed by atoms with E-state index in [1.165, 1.54) is 11.3 Å². The van der Waals surface area contributed by atoms with Crippen molar-refractivity contribution >= 4 is 23.3 Å². The van der Waals surface area contributed by atoms with E-state index in [2.05, 4.69) is 16.3 Å². The molecule has 1 atom stereocenters. The number of rotatable bonds is 6. The van der Waals surface area contributed by atoms with Gasteiger partial charge in [0.25, 0.3) is 0 Å². The molecule has 146 valence electrons. The zero-order valence-corrected chi connectivity index (χ0v) is 16.3. The van der Waals surface area contributed by atoms with E-state index in [4.69, 9.17) is 11.0 Å². The van der Waals surface area contributed by atoms with E-state index in [-0.39, 0.29) is 18.4 Å². The first-order valence-electron chi connectivity index (χ1n) is 9.13. The average Bonchev–Trinajstić information content (AvgIpc) is 3.23. The maximum atomic E-state index is 12.7. The van der Waals surface area contributed by atoms with E-state index in [1.54, 1.807) is 0 Å². The standard InChI is InChI=1S/C20H23N5O2S/c21-13-15-3-5-16(6-4-15)14-24-7-9-25(10-8-24)19(26)12-17(23-20(22)27)18-2-1-11-28-18/h1-6,11,17H,7-10,12,14H2,(H3,22,23,27). The lowest BCUT2D eigenvalue weighted by molar-refractivity contribution is -0.133. The van der Waals surface area contributed by atoms with Crippen molar-refractivity contribution in [1.29, 1.82) is 5.26 Å². The highest BCUT2D eigenvalue weighted by Crippen LogP contribution is 2.23. The van der Waals surface area contributed by atoms with Gasteiger partial charge in [0.1, 0.15) is 0 Å². The minimum atomic E-state index is -0.626. The number of primary amides is 1. The fourth-order valence-electron chi connectivity index (χ4n) is 3.29. The van der Waals surface area contributed by atoms with E-state index in [1.807, 2.05) is 46.7 Å². The van der Waals surface area contributed by atoms with Crippen LogP contribution in [0, 0.1) is 11.3 Å². The van der Waals surface area contributed by atoms with Crippen LogP contribution in [0.4, 0.5) is 4.79 Å². The Morgan fingerprint density at radius 3 is 2.46 bits per heavy atom. The molecule has 8 heteroatoms. The molecular weight excluding hydrogens is 374 g/mol. The zero-order chi connectivity index (χ0) is 19.9. The summed E-state index contributed by atoms with van der Waals surface area (Å²) in [6.45, 7) is 3.69. The van der Waals surface area contributed by atoms with Gasteiger partial charge in [-0.25, -0.2) is 4.79 Å². The van der Waals surface area contributed by atoms with Gasteiger partial charge in [-0.2, -0.15) is 5.26 Å². The van der Waals surface area contributed by atoms with Crippen molar-refractivity contribution < 1.29 is 9.59 Å². The van der Waals surface area contributed by atoms with Crippen LogP contribution in [0.5, 0.6) is 0 Å². The Hall–Kier alpha value is -2.89. The normalized spacial score (nSPS) is 15.6. The Kier molecular flexibility index (Phi) is 6.63. The molecule has 1 aliphatic heterocycles. The van der Waals surface area contributed by atoms with Gasteiger partial charge in [0, 0.05) is 37.6 Å². The van der Waals surface area contributed by atoms with Crippen LogP contribution >= 0.6 is 11.3 Å². The van der Waals surface area contributed by atoms with E-state index in [0.29, 0.717) is 18.7 Å². The summed E-state index contributed by atoms with van der Waals surface area (Å²) < 4.78 is 0. The van der Waals surface area contributed by atoms with E-state index in [9.17, 15) is 9.59 Å². The summed E-state index contributed by atoms with van der Waals surface area (Å²) in [5, 5.41) is 13.5. The first-order chi connectivity index (χ1) is 13.5. The third-order valence-electron chi connectivity index (χ3n) is 4.80. The molecular formula is C20H23N5O2S. The average molecular weight is 398 g/mol. The highest BCUT2D eigenvalue weighted by Gasteiger charge is 2.25. The molecule has 1 saturated heterocycles. The summed E-state index contributed by atoms with van der Waals surface area (Å²) in [5.41, 5.74) is 7.08. The number of nitrogens with two attached hydrogens (primary N) is 1. The van der Waals surface area contributed by atoms with E-state index < -0.39 is 6.03 Å². The van der Waals surface area contributed by atoms with Crippen molar-refractivity contribution in [3.05, 3.63) is 57.8 Å². The van der Waals surface area contributed by atoms with Gasteiger partial charge >= 0.3 is 6.03 Å². The van der Waals surface area contributed by atoms with Crippen molar-refractivity contribution in [2.45, 2.75) is 19.0 Å². The molecule has 2 aromatic rings. The first-order valence-corrected chi connectivity index (χ1v) is 10.0. The second-order valence-corrected chi connectivity index (χ2v) is 7.73. The van der Waals surface area contributed by atoms with Gasteiger partial charge in [0.15, 0.2) is 0 Å². The van der Waals surface area contributed by atoms with Crippen LogP contribution in [-0.2, 0) is 11.3 Å². The van der Waals surface area contributed by atoms with Crippen molar-refractivity contribution in [2.75, 3.05) is 26.2 Å². The van der Waals surface area contributed by atoms with Crippen LogP contribution in [0.25, 0.3) is 0 Å². The zero-order valence-electron chi connectivity index (χ0n) is 15.5. The quantitative estimate of drug-likeness (QED) is 0.779. The second-order valence-electron chi connectivity index (χ2n) is 6.75. The molecule has 3 rings (SSSR count). The number of benzene rings is 1. The Labute approximate surface area is 168 Å². The molecule has 0 radical (unpaired) electrons. The first kappa shape index (κ1) is 19.9. The van der Waals surface area contributed by atoms with Gasteiger partial charge in [-0.3, -0.25) is 9.69 Å². The number of nitrogens with zero attached hydrogens (tertiary/aromatic N) is 3. The molecule has 3 N–H and O–H groups in total. The molecule has 0 spiro atoms. The topological polar surface area (TPSA) is 102 Å². The monoisotopic (exact) mass is 397 g/mol. The molecule has 0 saturated carbocycles. The molecule has 1 unspecified atom stereocenters. The lowest BCUT2D eigenvalue weighted by atomic mass is 10.1. The molecule has 1 fully saturated rings. The van der Waals surface area contributed by atoms with Crippen LogP contribution in [0.1, 0.15) is 28.5 Å². The number of thiophene rings is 1. The molecule has 1 aromatic heterocycles. The SMILES string of the molecule is N#Cc1ccc(CN2CCN(C(=O)CC(NC(N)=O)c3cccs3)CC2)cc1. The van der Waals surface area contributed by atoms with Gasteiger partial charge < -0.3 is 16.0 Å². The molecule has 28 heavy (non-hydrogen) atoms. The van der Waals surface area contributed by atoms with Crippen LogP contribution in [-0.4, -0.2) is 47.9 Å². The van der Waals surface area contributed by atoms with Crippen LogP contribution in [0.2, 0.25) is 0 Å². The molecule has 2 heterocycles. The van der Waals surface area contributed by atoms with Gasteiger partial charge in [0.2, 0.25) is 5.91 Å². The number of nitriles is 1. The van der Waals surface area contributed by atoms with Crippen molar-refractivity contribution in [2.24, 2.45) is 5.73 Å².